The normalized spacial score (nSPS) is 21.4. The quantitative estimate of drug-likeness (QED) is 0.858. The molecule has 1 saturated heterocycles. The molecule has 4 heteroatoms. The molecule has 0 aromatic carbocycles. The van der Waals surface area contributed by atoms with Gasteiger partial charge in [-0.3, -0.25) is 0 Å². The highest BCUT2D eigenvalue weighted by Gasteiger charge is 2.27. The van der Waals surface area contributed by atoms with E-state index in [1.54, 1.807) is 0 Å². The van der Waals surface area contributed by atoms with Gasteiger partial charge in [0.15, 0.2) is 0 Å². The van der Waals surface area contributed by atoms with Crippen molar-refractivity contribution in [3.63, 3.8) is 0 Å². The summed E-state index contributed by atoms with van der Waals surface area (Å²) >= 11 is 1.83. The van der Waals surface area contributed by atoms with Crippen LogP contribution in [-0.4, -0.2) is 19.1 Å². The smallest absolute Gasteiger partial charge is 0.110 e. The topological polar surface area (TPSA) is 53.0 Å². The van der Waals surface area contributed by atoms with E-state index < -0.39 is 0 Å². The van der Waals surface area contributed by atoms with Gasteiger partial charge in [-0.25, -0.2) is 0 Å². The summed E-state index contributed by atoms with van der Waals surface area (Å²) in [5, 5.41) is 10.6. The van der Waals surface area contributed by atoms with E-state index >= 15 is 0 Å². The van der Waals surface area contributed by atoms with Crippen LogP contribution in [0.1, 0.15) is 49.1 Å². The molecule has 2 aliphatic rings. The van der Waals surface area contributed by atoms with E-state index in [9.17, 15) is 5.26 Å². The summed E-state index contributed by atoms with van der Waals surface area (Å²) in [7, 11) is 0. The van der Waals surface area contributed by atoms with Gasteiger partial charge in [0.2, 0.25) is 0 Å². The van der Waals surface area contributed by atoms with Gasteiger partial charge in [0, 0.05) is 24.0 Å². The molecule has 0 saturated carbocycles. The summed E-state index contributed by atoms with van der Waals surface area (Å²) in [4.78, 5) is 3.76. The Labute approximate surface area is 120 Å². The third kappa shape index (κ3) is 2.77. The molecule has 0 bridgehead atoms. The fraction of sp³-hybridized carbons (Fsp3) is 0.667. The van der Waals surface area contributed by atoms with Gasteiger partial charge in [0.25, 0.3) is 0 Å². The van der Waals surface area contributed by atoms with E-state index in [1.165, 1.54) is 28.3 Å². The minimum absolute atomic E-state index is 0.278. The Morgan fingerprint density at radius 3 is 2.68 bits per heavy atom. The molecule has 1 aromatic rings. The molecule has 0 spiro atoms. The van der Waals surface area contributed by atoms with Gasteiger partial charge >= 0.3 is 0 Å². The summed E-state index contributed by atoms with van der Waals surface area (Å²) < 4.78 is 0. The van der Waals surface area contributed by atoms with Crippen molar-refractivity contribution in [2.24, 2.45) is 5.73 Å². The van der Waals surface area contributed by atoms with Crippen molar-refractivity contribution in [3.8, 4) is 6.07 Å². The van der Waals surface area contributed by atoms with Crippen molar-refractivity contribution >= 4 is 16.3 Å². The van der Waals surface area contributed by atoms with Crippen molar-refractivity contribution in [2.45, 2.75) is 52.0 Å². The highest BCUT2D eigenvalue weighted by molar-refractivity contribution is 7.16. The summed E-state index contributed by atoms with van der Waals surface area (Å²) in [5.74, 6) is 0. The lowest BCUT2D eigenvalue weighted by Crippen LogP contribution is -2.26. The second-order valence-electron chi connectivity index (χ2n) is 5.00. The van der Waals surface area contributed by atoms with Gasteiger partial charge in [-0.15, -0.1) is 11.3 Å². The predicted molar refractivity (Wildman–Crippen MR) is 81.8 cm³/mol. The lowest BCUT2D eigenvalue weighted by Gasteiger charge is -2.16. The van der Waals surface area contributed by atoms with Crippen LogP contribution in [0, 0.1) is 11.3 Å². The molecule has 19 heavy (non-hydrogen) atoms. The second-order valence-corrected chi connectivity index (χ2v) is 6.08. The minimum atomic E-state index is 0.278. The zero-order chi connectivity index (χ0) is 13.8. The summed E-state index contributed by atoms with van der Waals surface area (Å²) in [6.07, 6.45) is 5.81. The molecule has 1 fully saturated rings. The summed E-state index contributed by atoms with van der Waals surface area (Å²) in [6, 6.07) is 2.70. The van der Waals surface area contributed by atoms with Gasteiger partial charge in [-0.2, -0.15) is 5.26 Å². The van der Waals surface area contributed by atoms with E-state index in [1.807, 2.05) is 25.2 Å². The van der Waals surface area contributed by atoms with E-state index in [0.29, 0.717) is 0 Å². The molecule has 3 nitrogen and oxygen atoms in total. The Balaban J connectivity index is 0.000000637. The van der Waals surface area contributed by atoms with Crippen LogP contribution < -0.4 is 10.6 Å². The first kappa shape index (κ1) is 14.4. The lowest BCUT2D eigenvalue weighted by molar-refractivity contribution is 0.696. The molecule has 0 amide bonds. The molecule has 0 radical (unpaired) electrons. The van der Waals surface area contributed by atoms with Crippen molar-refractivity contribution in [1.82, 2.24) is 0 Å². The first-order valence-electron chi connectivity index (χ1n) is 7.34. The molecule has 104 valence electrons. The second kappa shape index (κ2) is 6.40. The molecule has 2 N–H and O–H groups in total. The monoisotopic (exact) mass is 277 g/mol. The predicted octanol–water partition coefficient (Wildman–Crippen LogP) is 3.06. The number of thiophene rings is 1. The van der Waals surface area contributed by atoms with Crippen LogP contribution in [0.2, 0.25) is 0 Å². The third-order valence-electron chi connectivity index (χ3n) is 3.78. The molecule has 0 unspecified atom stereocenters. The largest absolute Gasteiger partial charge is 0.361 e. The number of hydrogen-bond donors (Lipinski definition) is 1. The number of aryl methyl sites for hydroxylation is 1. The number of nitriles is 1. The lowest BCUT2D eigenvalue weighted by atomic mass is 9.96. The van der Waals surface area contributed by atoms with Crippen molar-refractivity contribution in [3.05, 3.63) is 16.0 Å². The van der Waals surface area contributed by atoms with Crippen LogP contribution in [0.5, 0.6) is 0 Å². The molecule has 2 heterocycles. The average molecular weight is 277 g/mol. The number of anilines is 1. The Morgan fingerprint density at radius 2 is 2.05 bits per heavy atom. The molecule has 1 aliphatic heterocycles. The maximum absolute atomic E-state index is 9.39. The fourth-order valence-corrected chi connectivity index (χ4v) is 4.23. The fourth-order valence-electron chi connectivity index (χ4n) is 2.86. The number of fused-ring (bicyclic) bond motifs is 1. The number of nitrogens with zero attached hydrogens (tertiary/aromatic N) is 2. The summed E-state index contributed by atoms with van der Waals surface area (Å²) in [5.41, 5.74) is 8.23. The van der Waals surface area contributed by atoms with Gasteiger partial charge in [0.05, 0.1) is 5.56 Å². The molecule has 3 rings (SSSR count). The zero-order valence-electron chi connectivity index (χ0n) is 11.9. The first-order valence-corrected chi connectivity index (χ1v) is 8.16. The van der Waals surface area contributed by atoms with Crippen LogP contribution in [0.4, 0.5) is 5.00 Å². The molecule has 1 aromatic heterocycles. The van der Waals surface area contributed by atoms with Crippen molar-refractivity contribution in [2.75, 3.05) is 18.0 Å². The zero-order valence-corrected chi connectivity index (χ0v) is 12.7. The van der Waals surface area contributed by atoms with Gasteiger partial charge in [-0.1, -0.05) is 13.8 Å². The van der Waals surface area contributed by atoms with Gasteiger partial charge in [0.1, 0.15) is 11.1 Å². The van der Waals surface area contributed by atoms with Crippen LogP contribution in [0.3, 0.4) is 0 Å². The van der Waals surface area contributed by atoms with E-state index in [2.05, 4.69) is 11.0 Å². The Bertz CT molecular complexity index is 472. The van der Waals surface area contributed by atoms with Crippen LogP contribution in [0.25, 0.3) is 0 Å². The highest BCUT2D eigenvalue weighted by atomic mass is 32.1. The standard InChI is InChI=1S/C13H17N3S.C2H6/c14-7-11-10-3-1-2-4-12(10)17-13(11)16-6-5-9(15)8-16;1-2/h9H,1-6,8,15H2;1-2H3/t9-;/m0./s1. The van der Waals surface area contributed by atoms with Gasteiger partial charge in [-0.05, 0) is 37.7 Å². The van der Waals surface area contributed by atoms with Crippen molar-refractivity contribution < 1.29 is 0 Å². The Hall–Kier alpha value is -1.05. The maximum atomic E-state index is 9.39. The van der Waals surface area contributed by atoms with E-state index in [4.69, 9.17) is 5.73 Å². The first-order chi connectivity index (χ1) is 9.29. The minimum Gasteiger partial charge on any atom is -0.361 e. The maximum Gasteiger partial charge on any atom is 0.110 e. The molecule has 1 atom stereocenters. The van der Waals surface area contributed by atoms with Crippen LogP contribution in [-0.2, 0) is 12.8 Å². The molecule has 1 aliphatic carbocycles. The van der Waals surface area contributed by atoms with Crippen LogP contribution >= 0.6 is 11.3 Å². The number of hydrogen-bond acceptors (Lipinski definition) is 4. The summed E-state index contributed by atoms with van der Waals surface area (Å²) in [6.45, 7) is 5.92. The van der Waals surface area contributed by atoms with Crippen molar-refractivity contribution in [1.29, 1.82) is 5.26 Å². The van der Waals surface area contributed by atoms with E-state index in [-0.39, 0.29) is 6.04 Å². The highest BCUT2D eigenvalue weighted by Crippen LogP contribution is 2.40. The molecular formula is C15H23N3S. The Morgan fingerprint density at radius 1 is 1.32 bits per heavy atom. The third-order valence-corrected chi connectivity index (χ3v) is 5.13. The average Bonchev–Trinajstić information content (AvgIpc) is 3.03. The van der Waals surface area contributed by atoms with Crippen LogP contribution in [0.15, 0.2) is 0 Å². The molecular weight excluding hydrogens is 254 g/mol. The Kier molecular flexibility index (Phi) is 4.84. The van der Waals surface area contributed by atoms with Gasteiger partial charge < -0.3 is 10.6 Å². The number of rotatable bonds is 1. The SMILES string of the molecule is CC.N#Cc1c(N2CC[C@H](N)C2)sc2c1CCCC2. The number of nitrogens with two attached hydrogens (primary N) is 1. The van der Waals surface area contributed by atoms with E-state index in [0.717, 1.165) is 37.9 Å².